The Morgan fingerprint density at radius 1 is 1.21 bits per heavy atom. The molecule has 3 heteroatoms. The van der Waals surface area contributed by atoms with Gasteiger partial charge in [-0.15, -0.1) is 0 Å². The molecule has 1 aliphatic carbocycles. The second kappa shape index (κ2) is 2.80. The van der Waals surface area contributed by atoms with Gasteiger partial charge in [0.25, 0.3) is 0 Å². The Hall–Kier alpha value is -1.38. The second-order valence-electron chi connectivity index (χ2n) is 4.07. The number of nitrogens with one attached hydrogen (secondary N) is 1. The molecule has 2 rings (SSSR count). The number of ketones is 1. The van der Waals surface area contributed by atoms with E-state index in [0.29, 0.717) is 6.42 Å². The van der Waals surface area contributed by atoms with E-state index in [0.717, 1.165) is 17.6 Å². The topological polar surface area (TPSA) is 46.2 Å². The van der Waals surface area contributed by atoms with Crippen molar-refractivity contribution < 1.29 is 9.59 Å². The summed E-state index contributed by atoms with van der Waals surface area (Å²) in [4.78, 5) is 22.7. The van der Waals surface area contributed by atoms with Crippen molar-refractivity contribution in [3.63, 3.8) is 0 Å². The smallest absolute Gasteiger partial charge is 0.221 e. The lowest BCUT2D eigenvalue weighted by Gasteiger charge is -2.26. The molecule has 74 valence electrons. The Bertz CT molecular complexity index is 355. The van der Waals surface area contributed by atoms with Crippen molar-refractivity contribution in [3.05, 3.63) is 23.3 Å². The van der Waals surface area contributed by atoms with Crippen LogP contribution in [0.4, 0.5) is 0 Å². The lowest BCUT2D eigenvalue weighted by Crippen LogP contribution is -2.40. The third-order valence-corrected chi connectivity index (χ3v) is 2.80. The highest BCUT2D eigenvalue weighted by atomic mass is 16.2. The molecule has 1 amide bonds. The Morgan fingerprint density at radius 3 is 2.21 bits per heavy atom. The molecule has 14 heavy (non-hydrogen) atoms. The van der Waals surface area contributed by atoms with E-state index >= 15 is 0 Å². The van der Waals surface area contributed by atoms with Crippen LogP contribution in [0.25, 0.3) is 0 Å². The molecule has 1 aliphatic heterocycles. The zero-order valence-electron chi connectivity index (χ0n) is 8.39. The average Bonchev–Trinajstić information content (AvgIpc) is 2.43. The third kappa shape index (κ3) is 1.29. The Labute approximate surface area is 82.9 Å². The first-order valence-corrected chi connectivity index (χ1v) is 4.77. The zero-order chi connectivity index (χ0) is 10.3. The first-order valence-electron chi connectivity index (χ1n) is 4.77. The molecular formula is C11H13NO2. The van der Waals surface area contributed by atoms with Gasteiger partial charge in [-0.2, -0.15) is 0 Å². The molecule has 0 aromatic rings. The lowest BCUT2D eigenvalue weighted by molar-refractivity contribution is -0.119. The fraction of sp³-hybridized carbons (Fsp3) is 0.455. The van der Waals surface area contributed by atoms with Gasteiger partial charge in [0.15, 0.2) is 5.78 Å². The van der Waals surface area contributed by atoms with E-state index in [9.17, 15) is 9.59 Å². The van der Waals surface area contributed by atoms with Gasteiger partial charge in [-0.1, -0.05) is 0 Å². The molecule has 0 unspecified atom stereocenters. The molecule has 3 nitrogen and oxygen atoms in total. The maximum absolute atomic E-state index is 11.5. The summed E-state index contributed by atoms with van der Waals surface area (Å²) in [5, 5.41) is 2.91. The highest BCUT2D eigenvalue weighted by Gasteiger charge is 2.37. The Morgan fingerprint density at radius 2 is 1.79 bits per heavy atom. The fourth-order valence-corrected chi connectivity index (χ4v) is 2.18. The summed E-state index contributed by atoms with van der Waals surface area (Å²) in [5.41, 5.74) is 1.08. The molecule has 1 fully saturated rings. The number of amides is 1. The van der Waals surface area contributed by atoms with E-state index < -0.39 is 0 Å². The maximum atomic E-state index is 11.5. The number of Topliss-reactive ketones (excluding diaryl/α,β-unsaturated/α-hetero) is 1. The number of hydrogen-bond acceptors (Lipinski definition) is 2. The van der Waals surface area contributed by atoms with Crippen molar-refractivity contribution in [3.8, 4) is 0 Å². The van der Waals surface area contributed by atoms with Crippen LogP contribution in [0.2, 0.25) is 0 Å². The van der Waals surface area contributed by atoms with E-state index in [-0.39, 0.29) is 17.2 Å². The highest BCUT2D eigenvalue weighted by molar-refractivity contribution is 6.09. The monoisotopic (exact) mass is 191 g/mol. The Kier molecular flexibility index (Phi) is 1.84. The van der Waals surface area contributed by atoms with Gasteiger partial charge in [-0.3, -0.25) is 9.59 Å². The molecule has 1 saturated heterocycles. The summed E-state index contributed by atoms with van der Waals surface area (Å²) < 4.78 is 0. The number of carbonyl (C=O) groups excluding carboxylic acids is 2. The van der Waals surface area contributed by atoms with Crippen LogP contribution in [0, 0.1) is 0 Å². The number of rotatable bonds is 0. The van der Waals surface area contributed by atoms with E-state index in [4.69, 9.17) is 0 Å². The van der Waals surface area contributed by atoms with Crippen LogP contribution in [0.3, 0.4) is 0 Å². The van der Waals surface area contributed by atoms with Crippen molar-refractivity contribution in [2.45, 2.75) is 32.2 Å². The molecule has 0 saturated carbocycles. The van der Waals surface area contributed by atoms with Gasteiger partial charge in [0.05, 0.1) is 5.54 Å². The molecule has 0 aromatic carbocycles. The van der Waals surface area contributed by atoms with Gasteiger partial charge in [0.2, 0.25) is 5.91 Å². The van der Waals surface area contributed by atoms with Crippen molar-refractivity contribution in [2.75, 3.05) is 0 Å². The van der Waals surface area contributed by atoms with Crippen LogP contribution >= 0.6 is 0 Å². The van der Waals surface area contributed by atoms with Crippen LogP contribution < -0.4 is 5.32 Å². The summed E-state index contributed by atoms with van der Waals surface area (Å²) >= 11 is 0. The van der Waals surface area contributed by atoms with Crippen LogP contribution in [0.15, 0.2) is 23.3 Å². The van der Waals surface area contributed by atoms with Gasteiger partial charge in [-0.05, 0) is 43.6 Å². The molecule has 0 radical (unpaired) electrons. The number of carbonyl (C=O) groups is 2. The molecule has 0 atom stereocenters. The fourth-order valence-electron chi connectivity index (χ4n) is 2.18. The molecule has 1 N–H and O–H groups in total. The standard InChI is InChI=1S/C11H13NO2/c1-7-5-11(4-3-9(13)12-11)6-8(2)10(7)14/h5-6H,3-4H2,1-2H3,(H,12,13). The zero-order valence-corrected chi connectivity index (χ0v) is 8.39. The van der Waals surface area contributed by atoms with E-state index in [1.54, 1.807) is 13.8 Å². The minimum atomic E-state index is -0.376. The van der Waals surface area contributed by atoms with Crippen LogP contribution in [-0.2, 0) is 9.59 Å². The van der Waals surface area contributed by atoms with Crippen molar-refractivity contribution in [2.24, 2.45) is 0 Å². The van der Waals surface area contributed by atoms with Crippen molar-refractivity contribution >= 4 is 11.7 Å². The van der Waals surface area contributed by atoms with Gasteiger partial charge < -0.3 is 5.32 Å². The van der Waals surface area contributed by atoms with Crippen LogP contribution in [0.5, 0.6) is 0 Å². The van der Waals surface area contributed by atoms with E-state index in [1.807, 2.05) is 12.2 Å². The Balaban J connectivity index is 2.39. The summed E-state index contributed by atoms with van der Waals surface area (Å²) in [7, 11) is 0. The number of hydrogen-bond donors (Lipinski definition) is 1. The lowest BCUT2D eigenvalue weighted by atomic mass is 9.85. The first kappa shape index (κ1) is 9.19. The second-order valence-corrected chi connectivity index (χ2v) is 4.07. The minimum absolute atomic E-state index is 0.0625. The summed E-state index contributed by atoms with van der Waals surface area (Å²) in [6.07, 6.45) is 5.04. The minimum Gasteiger partial charge on any atom is -0.344 e. The first-order chi connectivity index (χ1) is 6.52. The molecule has 2 aliphatic rings. The van der Waals surface area contributed by atoms with Gasteiger partial charge in [0, 0.05) is 6.42 Å². The van der Waals surface area contributed by atoms with Crippen molar-refractivity contribution in [1.29, 1.82) is 0 Å². The normalized spacial score (nSPS) is 24.7. The van der Waals surface area contributed by atoms with Crippen LogP contribution in [-0.4, -0.2) is 17.2 Å². The summed E-state index contributed by atoms with van der Waals surface area (Å²) in [6, 6.07) is 0. The van der Waals surface area contributed by atoms with E-state index in [2.05, 4.69) is 5.32 Å². The molecular weight excluding hydrogens is 178 g/mol. The van der Waals surface area contributed by atoms with Gasteiger partial charge >= 0.3 is 0 Å². The van der Waals surface area contributed by atoms with Gasteiger partial charge in [0.1, 0.15) is 0 Å². The number of allylic oxidation sites excluding steroid dienone is 2. The highest BCUT2D eigenvalue weighted by Crippen LogP contribution is 2.30. The third-order valence-electron chi connectivity index (χ3n) is 2.80. The predicted molar refractivity (Wildman–Crippen MR) is 52.6 cm³/mol. The quantitative estimate of drug-likeness (QED) is 0.623. The molecule has 1 spiro atoms. The van der Waals surface area contributed by atoms with Crippen LogP contribution in [0.1, 0.15) is 26.7 Å². The SMILES string of the molecule is CC1=CC2(C=C(C)C1=O)CCC(=O)N2. The largest absolute Gasteiger partial charge is 0.344 e. The summed E-state index contributed by atoms with van der Waals surface area (Å²) in [5.74, 6) is 0.143. The average molecular weight is 191 g/mol. The van der Waals surface area contributed by atoms with Crippen molar-refractivity contribution in [1.82, 2.24) is 5.32 Å². The molecule has 0 bridgehead atoms. The molecule has 1 heterocycles. The summed E-state index contributed by atoms with van der Waals surface area (Å²) in [6.45, 7) is 3.59. The maximum Gasteiger partial charge on any atom is 0.221 e. The van der Waals surface area contributed by atoms with E-state index in [1.165, 1.54) is 0 Å². The predicted octanol–water partition coefficient (Wildman–Crippen LogP) is 1.11. The molecule has 0 aromatic heterocycles. The van der Waals surface area contributed by atoms with Gasteiger partial charge in [-0.25, -0.2) is 0 Å².